The highest BCUT2D eigenvalue weighted by molar-refractivity contribution is 5.55. The third-order valence-corrected chi connectivity index (χ3v) is 2.96. The summed E-state index contributed by atoms with van der Waals surface area (Å²) in [6, 6.07) is 1.89. The van der Waals surface area contributed by atoms with Gasteiger partial charge in [-0.05, 0) is 26.5 Å². The van der Waals surface area contributed by atoms with Crippen LogP contribution < -0.4 is 0 Å². The molecule has 0 saturated heterocycles. The molecule has 6 nitrogen and oxygen atoms in total. The zero-order valence-electron chi connectivity index (χ0n) is 11.5. The van der Waals surface area contributed by atoms with E-state index in [0.29, 0.717) is 24.9 Å². The number of aliphatic hydroxyl groups excluding tert-OH is 1. The second kappa shape index (κ2) is 5.99. The molecular formula is C13H19N3O3. The minimum absolute atomic E-state index is 0.120. The molecule has 2 aromatic rings. The van der Waals surface area contributed by atoms with Crippen molar-refractivity contribution in [3.63, 3.8) is 0 Å². The van der Waals surface area contributed by atoms with Gasteiger partial charge in [0.05, 0.1) is 18.7 Å². The predicted molar refractivity (Wildman–Crippen MR) is 69.5 cm³/mol. The van der Waals surface area contributed by atoms with E-state index in [-0.39, 0.29) is 6.61 Å². The lowest BCUT2D eigenvalue weighted by molar-refractivity contribution is 0.185. The van der Waals surface area contributed by atoms with Crippen LogP contribution in [0.5, 0.6) is 0 Å². The van der Waals surface area contributed by atoms with Crippen LogP contribution in [0.15, 0.2) is 14.9 Å². The van der Waals surface area contributed by atoms with Gasteiger partial charge in [-0.3, -0.25) is 4.90 Å². The monoisotopic (exact) mass is 265 g/mol. The molecular weight excluding hydrogens is 246 g/mol. The van der Waals surface area contributed by atoms with Crippen LogP contribution in [0.2, 0.25) is 0 Å². The number of hydrogen-bond acceptors (Lipinski definition) is 6. The summed E-state index contributed by atoms with van der Waals surface area (Å²) in [5.74, 6) is 2.62. The fraction of sp³-hybridized carbons (Fsp3) is 0.538. The SMILES string of the molecule is CCN(CCO)Cc1nnc(-c2cc(C)oc2C)o1. The molecule has 0 aliphatic carbocycles. The van der Waals surface area contributed by atoms with E-state index in [4.69, 9.17) is 13.9 Å². The van der Waals surface area contributed by atoms with Gasteiger partial charge < -0.3 is 13.9 Å². The highest BCUT2D eigenvalue weighted by Crippen LogP contribution is 2.25. The summed E-state index contributed by atoms with van der Waals surface area (Å²) in [5.41, 5.74) is 0.835. The van der Waals surface area contributed by atoms with Crippen molar-refractivity contribution in [2.45, 2.75) is 27.3 Å². The number of aromatic nitrogens is 2. The Hall–Kier alpha value is -1.66. The van der Waals surface area contributed by atoms with Crippen molar-refractivity contribution in [3.05, 3.63) is 23.5 Å². The van der Waals surface area contributed by atoms with E-state index in [1.807, 2.05) is 31.7 Å². The largest absolute Gasteiger partial charge is 0.466 e. The molecule has 104 valence electrons. The van der Waals surface area contributed by atoms with E-state index < -0.39 is 0 Å². The van der Waals surface area contributed by atoms with Crippen molar-refractivity contribution in [1.82, 2.24) is 15.1 Å². The second-order valence-electron chi connectivity index (χ2n) is 4.42. The Balaban J connectivity index is 2.12. The fourth-order valence-electron chi connectivity index (χ4n) is 1.95. The molecule has 0 radical (unpaired) electrons. The molecule has 1 N–H and O–H groups in total. The van der Waals surface area contributed by atoms with Gasteiger partial charge in [-0.25, -0.2) is 0 Å². The van der Waals surface area contributed by atoms with Crippen LogP contribution in [0.3, 0.4) is 0 Å². The Morgan fingerprint density at radius 1 is 1.26 bits per heavy atom. The summed E-state index contributed by atoms with van der Waals surface area (Å²) in [5, 5.41) is 17.0. The summed E-state index contributed by atoms with van der Waals surface area (Å²) in [4.78, 5) is 2.03. The lowest BCUT2D eigenvalue weighted by Crippen LogP contribution is -2.26. The minimum Gasteiger partial charge on any atom is -0.466 e. The smallest absolute Gasteiger partial charge is 0.251 e. The van der Waals surface area contributed by atoms with E-state index >= 15 is 0 Å². The Kier molecular flexibility index (Phi) is 4.34. The molecule has 19 heavy (non-hydrogen) atoms. The van der Waals surface area contributed by atoms with E-state index in [2.05, 4.69) is 10.2 Å². The molecule has 0 aromatic carbocycles. The first-order chi connectivity index (χ1) is 9.13. The first-order valence-electron chi connectivity index (χ1n) is 6.37. The van der Waals surface area contributed by atoms with Crippen molar-refractivity contribution in [1.29, 1.82) is 0 Å². The third kappa shape index (κ3) is 3.21. The van der Waals surface area contributed by atoms with Gasteiger partial charge in [-0.2, -0.15) is 0 Å². The van der Waals surface area contributed by atoms with Crippen LogP contribution >= 0.6 is 0 Å². The number of hydrogen-bond donors (Lipinski definition) is 1. The highest BCUT2D eigenvalue weighted by atomic mass is 16.4. The van der Waals surface area contributed by atoms with E-state index in [0.717, 1.165) is 23.6 Å². The maximum atomic E-state index is 8.95. The molecule has 2 aromatic heterocycles. The molecule has 0 saturated carbocycles. The van der Waals surface area contributed by atoms with Crippen molar-refractivity contribution >= 4 is 0 Å². The molecule has 0 fully saturated rings. The number of likely N-dealkylation sites (N-methyl/N-ethyl adjacent to an activating group) is 1. The van der Waals surface area contributed by atoms with Gasteiger partial charge in [-0.1, -0.05) is 6.92 Å². The first-order valence-corrected chi connectivity index (χ1v) is 6.37. The Morgan fingerprint density at radius 3 is 2.63 bits per heavy atom. The first kappa shape index (κ1) is 13.8. The summed E-state index contributed by atoms with van der Waals surface area (Å²) >= 11 is 0. The minimum atomic E-state index is 0.120. The number of rotatable bonds is 6. The average molecular weight is 265 g/mol. The number of aliphatic hydroxyl groups is 1. The molecule has 0 amide bonds. The van der Waals surface area contributed by atoms with Crippen LogP contribution in [-0.2, 0) is 6.54 Å². The van der Waals surface area contributed by atoms with Gasteiger partial charge in [0.1, 0.15) is 11.5 Å². The van der Waals surface area contributed by atoms with Gasteiger partial charge in [0.25, 0.3) is 5.89 Å². The van der Waals surface area contributed by atoms with Crippen LogP contribution in [0.25, 0.3) is 11.5 Å². The predicted octanol–water partition coefficient (Wildman–Crippen LogP) is 1.76. The lowest BCUT2D eigenvalue weighted by atomic mass is 10.2. The van der Waals surface area contributed by atoms with Crippen LogP contribution in [0.4, 0.5) is 0 Å². The van der Waals surface area contributed by atoms with Crippen LogP contribution in [0, 0.1) is 13.8 Å². The highest BCUT2D eigenvalue weighted by Gasteiger charge is 2.15. The van der Waals surface area contributed by atoms with Crippen molar-refractivity contribution in [2.24, 2.45) is 0 Å². The summed E-state index contributed by atoms with van der Waals surface area (Å²) in [6.07, 6.45) is 0. The fourth-order valence-corrected chi connectivity index (χ4v) is 1.95. The summed E-state index contributed by atoms with van der Waals surface area (Å²) < 4.78 is 11.1. The zero-order valence-corrected chi connectivity index (χ0v) is 11.5. The maximum absolute atomic E-state index is 8.95. The molecule has 2 rings (SSSR count). The Morgan fingerprint density at radius 2 is 2.05 bits per heavy atom. The Bertz CT molecular complexity index is 533. The normalized spacial score (nSPS) is 11.4. The van der Waals surface area contributed by atoms with Crippen LogP contribution in [0.1, 0.15) is 24.3 Å². The second-order valence-corrected chi connectivity index (χ2v) is 4.42. The topological polar surface area (TPSA) is 75.5 Å². The van der Waals surface area contributed by atoms with Gasteiger partial charge in [0.2, 0.25) is 5.89 Å². The molecule has 0 unspecified atom stereocenters. The molecule has 0 aliphatic rings. The zero-order chi connectivity index (χ0) is 13.8. The van der Waals surface area contributed by atoms with Gasteiger partial charge >= 0.3 is 0 Å². The van der Waals surface area contributed by atoms with Gasteiger partial charge in [0.15, 0.2) is 0 Å². The molecule has 2 heterocycles. The van der Waals surface area contributed by atoms with E-state index in [9.17, 15) is 0 Å². The van der Waals surface area contributed by atoms with Gasteiger partial charge in [0, 0.05) is 6.54 Å². The third-order valence-electron chi connectivity index (χ3n) is 2.96. The molecule has 6 heteroatoms. The molecule has 0 aliphatic heterocycles. The number of nitrogens with zero attached hydrogens (tertiary/aromatic N) is 3. The maximum Gasteiger partial charge on any atom is 0.251 e. The summed E-state index contributed by atoms with van der Waals surface area (Å²) in [7, 11) is 0. The van der Waals surface area contributed by atoms with E-state index in [1.165, 1.54) is 0 Å². The van der Waals surface area contributed by atoms with Crippen LogP contribution in [-0.4, -0.2) is 39.9 Å². The lowest BCUT2D eigenvalue weighted by Gasteiger charge is -2.15. The molecule has 0 spiro atoms. The molecule has 0 atom stereocenters. The Labute approximate surface area is 112 Å². The standard InChI is InChI=1S/C13H19N3O3/c1-4-16(5-6-17)8-12-14-15-13(19-12)11-7-9(2)18-10(11)3/h7,17H,4-6,8H2,1-3H3. The quantitative estimate of drug-likeness (QED) is 0.857. The number of aryl methyl sites for hydroxylation is 2. The summed E-state index contributed by atoms with van der Waals surface area (Å²) in [6.45, 7) is 7.86. The van der Waals surface area contributed by atoms with Crippen molar-refractivity contribution < 1.29 is 13.9 Å². The van der Waals surface area contributed by atoms with Crippen molar-refractivity contribution in [2.75, 3.05) is 19.7 Å². The van der Waals surface area contributed by atoms with Gasteiger partial charge in [-0.15, -0.1) is 10.2 Å². The average Bonchev–Trinajstić information content (AvgIpc) is 2.95. The van der Waals surface area contributed by atoms with Crippen molar-refractivity contribution in [3.8, 4) is 11.5 Å². The van der Waals surface area contributed by atoms with E-state index in [1.54, 1.807) is 0 Å². The molecule has 0 bridgehead atoms. The number of furan rings is 1.